The second kappa shape index (κ2) is 7.97. The van der Waals surface area contributed by atoms with Gasteiger partial charge in [0.05, 0.1) is 5.69 Å². The molecule has 0 aromatic heterocycles. The Kier molecular flexibility index (Phi) is 5.05. The van der Waals surface area contributed by atoms with Crippen molar-refractivity contribution >= 4 is 28.6 Å². The van der Waals surface area contributed by atoms with Crippen LogP contribution in [0.25, 0.3) is 10.8 Å². The van der Waals surface area contributed by atoms with Crippen molar-refractivity contribution in [1.82, 2.24) is 0 Å². The Labute approximate surface area is 172 Å². The molecule has 6 nitrogen and oxygen atoms in total. The van der Waals surface area contributed by atoms with E-state index in [2.05, 4.69) is 4.99 Å². The molecule has 0 aliphatic heterocycles. The normalized spacial score (nSPS) is 11.1. The molecule has 0 radical (unpaired) electrons. The number of esters is 1. The molecule has 0 saturated heterocycles. The van der Waals surface area contributed by atoms with Crippen molar-refractivity contribution in [2.75, 3.05) is 0 Å². The monoisotopic (exact) mass is 399 g/mol. The second-order valence-electron chi connectivity index (χ2n) is 6.60. The third-order valence-corrected chi connectivity index (χ3v) is 4.50. The van der Waals surface area contributed by atoms with Crippen molar-refractivity contribution in [3.8, 4) is 23.0 Å². The standard InChI is InChI=1S/C24H17NO5/c26-19-7-10-22(27)17(11-19)14-25-18-6-9-23(28)21(13-18)24(29)30-20-8-5-15-3-1-2-4-16(15)12-20/h1-14,26-28H. The number of fused-ring (bicyclic) bond motifs is 1. The van der Waals surface area contributed by atoms with Crippen molar-refractivity contribution in [3.05, 3.63) is 90.0 Å². The van der Waals surface area contributed by atoms with Crippen molar-refractivity contribution in [3.63, 3.8) is 0 Å². The number of rotatable bonds is 4. The van der Waals surface area contributed by atoms with Gasteiger partial charge in [-0.3, -0.25) is 4.99 Å². The van der Waals surface area contributed by atoms with Crippen molar-refractivity contribution < 1.29 is 24.9 Å². The molecular formula is C24H17NO5. The predicted octanol–water partition coefficient (Wildman–Crippen LogP) is 4.93. The van der Waals surface area contributed by atoms with E-state index in [-0.39, 0.29) is 22.8 Å². The lowest BCUT2D eigenvalue weighted by Gasteiger charge is -2.08. The molecule has 0 atom stereocenters. The number of aliphatic imine (C=N–C) groups is 1. The summed E-state index contributed by atoms with van der Waals surface area (Å²) < 4.78 is 5.42. The van der Waals surface area contributed by atoms with Crippen LogP contribution in [0.15, 0.2) is 83.9 Å². The van der Waals surface area contributed by atoms with E-state index < -0.39 is 5.97 Å². The van der Waals surface area contributed by atoms with Crippen LogP contribution in [-0.2, 0) is 0 Å². The number of carbonyl (C=O) groups excluding carboxylic acids is 1. The van der Waals surface area contributed by atoms with E-state index in [1.54, 1.807) is 12.1 Å². The highest BCUT2D eigenvalue weighted by Crippen LogP contribution is 2.27. The van der Waals surface area contributed by atoms with Crippen LogP contribution in [0.3, 0.4) is 0 Å². The summed E-state index contributed by atoms with van der Waals surface area (Å²) in [5.74, 6) is -0.664. The highest BCUT2D eigenvalue weighted by molar-refractivity contribution is 5.96. The molecule has 0 saturated carbocycles. The maximum Gasteiger partial charge on any atom is 0.347 e. The maximum atomic E-state index is 12.6. The van der Waals surface area contributed by atoms with Gasteiger partial charge in [-0.05, 0) is 59.3 Å². The van der Waals surface area contributed by atoms with Gasteiger partial charge in [0.2, 0.25) is 0 Å². The van der Waals surface area contributed by atoms with E-state index in [1.165, 1.54) is 42.6 Å². The van der Waals surface area contributed by atoms with Crippen molar-refractivity contribution in [1.29, 1.82) is 0 Å². The molecule has 4 aromatic carbocycles. The van der Waals surface area contributed by atoms with Crippen LogP contribution in [-0.4, -0.2) is 27.5 Å². The fraction of sp³-hybridized carbons (Fsp3) is 0. The summed E-state index contributed by atoms with van der Waals surface area (Å²) in [6, 6.07) is 21.3. The number of benzene rings is 4. The molecule has 0 bridgehead atoms. The van der Waals surface area contributed by atoms with Crippen molar-refractivity contribution in [2.24, 2.45) is 4.99 Å². The molecule has 6 heteroatoms. The number of carbonyl (C=O) groups is 1. The molecule has 148 valence electrons. The average molecular weight is 399 g/mol. The number of nitrogens with zero attached hydrogens (tertiary/aromatic N) is 1. The maximum absolute atomic E-state index is 12.6. The van der Waals surface area contributed by atoms with Crippen LogP contribution in [0.1, 0.15) is 15.9 Å². The first-order valence-corrected chi connectivity index (χ1v) is 9.10. The van der Waals surface area contributed by atoms with E-state index in [9.17, 15) is 20.1 Å². The fourth-order valence-corrected chi connectivity index (χ4v) is 2.95. The molecule has 0 heterocycles. The van der Waals surface area contributed by atoms with E-state index in [1.807, 2.05) is 30.3 Å². The summed E-state index contributed by atoms with van der Waals surface area (Å²) in [5, 5.41) is 31.4. The number of aromatic hydroxyl groups is 3. The minimum absolute atomic E-state index is 0.0143. The predicted molar refractivity (Wildman–Crippen MR) is 114 cm³/mol. The summed E-state index contributed by atoms with van der Waals surface area (Å²) in [6.07, 6.45) is 1.35. The van der Waals surface area contributed by atoms with E-state index >= 15 is 0 Å². The van der Waals surface area contributed by atoms with E-state index in [0.29, 0.717) is 17.0 Å². The van der Waals surface area contributed by atoms with Crippen molar-refractivity contribution in [2.45, 2.75) is 0 Å². The minimum atomic E-state index is -0.722. The molecule has 0 fully saturated rings. The Morgan fingerprint density at radius 1 is 0.800 bits per heavy atom. The summed E-state index contributed by atoms with van der Waals surface area (Å²) >= 11 is 0. The van der Waals surface area contributed by atoms with E-state index in [4.69, 9.17) is 4.74 Å². The Morgan fingerprint density at radius 3 is 2.40 bits per heavy atom. The van der Waals surface area contributed by atoms with Crippen LogP contribution < -0.4 is 4.74 Å². The van der Waals surface area contributed by atoms with Gasteiger partial charge < -0.3 is 20.1 Å². The molecule has 0 aliphatic carbocycles. The Hall–Kier alpha value is -4.32. The Morgan fingerprint density at radius 2 is 1.57 bits per heavy atom. The zero-order chi connectivity index (χ0) is 21.1. The summed E-state index contributed by atoms with van der Waals surface area (Å²) in [7, 11) is 0. The SMILES string of the molecule is O=C(Oc1ccc2ccccc2c1)c1cc(N=Cc2cc(O)ccc2O)ccc1O. The number of hydrogen-bond donors (Lipinski definition) is 3. The molecule has 0 amide bonds. The van der Waals surface area contributed by atoms with Gasteiger partial charge in [-0.2, -0.15) is 0 Å². The second-order valence-corrected chi connectivity index (χ2v) is 6.60. The number of hydrogen-bond acceptors (Lipinski definition) is 6. The van der Waals surface area contributed by atoms with Gasteiger partial charge in [0.15, 0.2) is 0 Å². The zero-order valence-corrected chi connectivity index (χ0v) is 15.7. The Balaban J connectivity index is 1.58. The quantitative estimate of drug-likeness (QED) is 0.196. The highest BCUT2D eigenvalue weighted by Gasteiger charge is 2.15. The summed E-state index contributed by atoms with van der Waals surface area (Å²) in [4.78, 5) is 16.8. The molecule has 4 rings (SSSR count). The van der Waals surface area contributed by atoms with Gasteiger partial charge in [0, 0.05) is 11.8 Å². The Bertz CT molecular complexity index is 1280. The van der Waals surface area contributed by atoms with Gasteiger partial charge in [-0.15, -0.1) is 0 Å². The third kappa shape index (κ3) is 4.07. The van der Waals surface area contributed by atoms with E-state index in [0.717, 1.165) is 10.8 Å². The topological polar surface area (TPSA) is 99.4 Å². The lowest BCUT2D eigenvalue weighted by Crippen LogP contribution is -2.08. The lowest BCUT2D eigenvalue weighted by molar-refractivity contribution is 0.0732. The minimum Gasteiger partial charge on any atom is -0.508 e. The number of ether oxygens (including phenoxy) is 1. The third-order valence-electron chi connectivity index (χ3n) is 4.50. The first kappa shape index (κ1) is 19.0. The van der Waals surface area contributed by atoms with Crippen LogP contribution in [0.4, 0.5) is 5.69 Å². The first-order valence-electron chi connectivity index (χ1n) is 9.10. The molecule has 30 heavy (non-hydrogen) atoms. The summed E-state index contributed by atoms with van der Waals surface area (Å²) in [6.45, 7) is 0. The summed E-state index contributed by atoms with van der Waals surface area (Å²) in [5.41, 5.74) is 0.627. The number of phenols is 3. The molecule has 3 N–H and O–H groups in total. The van der Waals surface area contributed by atoms with Crippen LogP contribution >= 0.6 is 0 Å². The molecule has 0 unspecified atom stereocenters. The zero-order valence-electron chi connectivity index (χ0n) is 15.7. The number of phenolic OH excluding ortho intramolecular Hbond substituents is 3. The average Bonchev–Trinajstić information content (AvgIpc) is 2.75. The molecular weight excluding hydrogens is 382 g/mol. The fourth-order valence-electron chi connectivity index (χ4n) is 2.95. The van der Waals surface area contributed by atoms with Gasteiger partial charge in [0.1, 0.15) is 28.6 Å². The molecule has 0 aliphatic rings. The molecule has 4 aromatic rings. The van der Waals surface area contributed by atoms with Crippen LogP contribution in [0, 0.1) is 0 Å². The van der Waals surface area contributed by atoms with Gasteiger partial charge in [-0.1, -0.05) is 30.3 Å². The lowest BCUT2D eigenvalue weighted by atomic mass is 10.1. The molecule has 0 spiro atoms. The van der Waals surface area contributed by atoms with Gasteiger partial charge in [0.25, 0.3) is 0 Å². The van der Waals surface area contributed by atoms with Gasteiger partial charge in [-0.25, -0.2) is 4.79 Å². The van der Waals surface area contributed by atoms with Gasteiger partial charge >= 0.3 is 5.97 Å². The van der Waals surface area contributed by atoms with Crippen LogP contribution in [0.5, 0.6) is 23.0 Å². The highest BCUT2D eigenvalue weighted by atomic mass is 16.5. The smallest absolute Gasteiger partial charge is 0.347 e. The largest absolute Gasteiger partial charge is 0.508 e. The first-order chi connectivity index (χ1) is 14.5. The van der Waals surface area contributed by atoms with Crippen LogP contribution in [0.2, 0.25) is 0 Å².